The molecule has 0 bridgehead atoms. The third-order valence-corrected chi connectivity index (χ3v) is 3.08. The second-order valence-electron chi connectivity index (χ2n) is 5.00. The van der Waals surface area contributed by atoms with Crippen LogP contribution in [0.1, 0.15) is 59.8 Å². The van der Waals surface area contributed by atoms with Gasteiger partial charge in [0.1, 0.15) is 0 Å². The van der Waals surface area contributed by atoms with Crippen molar-refractivity contribution in [1.29, 1.82) is 0 Å². The zero-order valence-electron chi connectivity index (χ0n) is 13.9. The first-order chi connectivity index (χ1) is 8.74. The van der Waals surface area contributed by atoms with Crippen molar-refractivity contribution < 1.29 is 40.9 Å². The van der Waals surface area contributed by atoms with Gasteiger partial charge in [-0.05, 0) is 25.7 Å². The van der Waals surface area contributed by atoms with Crippen LogP contribution < -0.4 is 18.9 Å². The Morgan fingerprint density at radius 1 is 0.750 bits per heavy atom. The standard InChI is InChI=1S/C13H30N.Li.H2O4S/c1-5-9-13-14(10-6-2,11-7-3)12-8-4;;1-5(2,3)4/h5-13H2,1-4H3;;(H2,1,2,3,4)/q2*+1;/p-2. The maximum atomic E-state index is 8.52. The normalized spacial score (nSPS) is 11.3. The Morgan fingerprint density at radius 3 is 1.25 bits per heavy atom. The van der Waals surface area contributed by atoms with E-state index in [1.54, 1.807) is 0 Å². The molecule has 0 aromatic carbocycles. The van der Waals surface area contributed by atoms with Crippen LogP contribution in [0.4, 0.5) is 0 Å². The fourth-order valence-corrected chi connectivity index (χ4v) is 2.59. The minimum Gasteiger partial charge on any atom is -0.759 e. The maximum absolute atomic E-state index is 8.52. The smallest absolute Gasteiger partial charge is 0.759 e. The molecule has 0 saturated heterocycles. The Hall–Kier alpha value is 0.427. The van der Waals surface area contributed by atoms with Crippen LogP contribution in [0.3, 0.4) is 0 Å². The molecule has 0 radical (unpaired) electrons. The molecule has 0 aliphatic rings. The van der Waals surface area contributed by atoms with Crippen molar-refractivity contribution in [2.45, 2.75) is 59.8 Å². The molecule has 0 saturated carbocycles. The van der Waals surface area contributed by atoms with E-state index < -0.39 is 10.4 Å². The Kier molecular flexibility index (Phi) is 18.2. The predicted octanol–water partition coefficient (Wildman–Crippen LogP) is -0.501. The Morgan fingerprint density at radius 2 is 1.05 bits per heavy atom. The second kappa shape index (κ2) is 14.4. The van der Waals surface area contributed by atoms with Crippen LogP contribution in [0, 0.1) is 0 Å². The van der Waals surface area contributed by atoms with Crippen molar-refractivity contribution in [2.75, 3.05) is 26.2 Å². The van der Waals surface area contributed by atoms with Gasteiger partial charge in [-0.2, -0.15) is 0 Å². The largest absolute Gasteiger partial charge is 1.00 e. The van der Waals surface area contributed by atoms with E-state index in [1.807, 2.05) is 0 Å². The number of rotatable bonds is 9. The molecule has 0 heterocycles. The number of quaternary nitrogens is 1. The van der Waals surface area contributed by atoms with Crippen LogP contribution in [0.15, 0.2) is 0 Å². The van der Waals surface area contributed by atoms with E-state index in [4.69, 9.17) is 17.5 Å². The van der Waals surface area contributed by atoms with Crippen molar-refractivity contribution in [1.82, 2.24) is 0 Å². The van der Waals surface area contributed by atoms with Gasteiger partial charge in [-0.1, -0.05) is 34.1 Å². The van der Waals surface area contributed by atoms with Crippen molar-refractivity contribution in [3.05, 3.63) is 0 Å². The van der Waals surface area contributed by atoms with Crippen LogP contribution in [-0.2, 0) is 10.4 Å². The third kappa shape index (κ3) is 18.4. The third-order valence-electron chi connectivity index (χ3n) is 3.08. The fraction of sp³-hybridized carbons (Fsp3) is 1.00. The van der Waals surface area contributed by atoms with Gasteiger partial charge in [-0.25, -0.2) is 0 Å². The van der Waals surface area contributed by atoms with Gasteiger partial charge in [0.25, 0.3) is 0 Å². The molecule has 0 aromatic heterocycles. The maximum Gasteiger partial charge on any atom is 1.00 e. The molecule has 7 heteroatoms. The Balaban J connectivity index is -0.000000414. The van der Waals surface area contributed by atoms with Crippen LogP contribution in [0.2, 0.25) is 0 Å². The van der Waals surface area contributed by atoms with Crippen LogP contribution in [0.5, 0.6) is 0 Å². The number of nitrogens with zero attached hydrogens (tertiary/aromatic N) is 1. The summed E-state index contributed by atoms with van der Waals surface area (Å²) in [4.78, 5) is 0. The van der Waals surface area contributed by atoms with Crippen LogP contribution >= 0.6 is 0 Å². The summed E-state index contributed by atoms with van der Waals surface area (Å²) in [6.45, 7) is 14.9. The Labute approximate surface area is 137 Å². The molecule has 0 atom stereocenters. The SMILES string of the molecule is CCCC[N+](CCC)(CCC)CCC.O=S(=O)([O-])[O-].[Li+]. The van der Waals surface area contributed by atoms with Crippen LogP contribution in [-0.4, -0.2) is 48.2 Å². The van der Waals surface area contributed by atoms with Gasteiger partial charge in [-0.15, -0.1) is 0 Å². The summed E-state index contributed by atoms with van der Waals surface area (Å²) in [5.41, 5.74) is 0. The van der Waals surface area contributed by atoms with Gasteiger partial charge in [0.05, 0.1) is 26.2 Å². The first kappa shape index (κ1) is 25.4. The van der Waals surface area contributed by atoms with E-state index in [0.29, 0.717) is 0 Å². The molecule has 0 N–H and O–H groups in total. The molecule has 0 fully saturated rings. The summed E-state index contributed by atoms with van der Waals surface area (Å²) < 4.78 is 35.5. The molecule has 0 aromatic rings. The summed E-state index contributed by atoms with van der Waals surface area (Å²) in [6.07, 6.45) is 6.76. The quantitative estimate of drug-likeness (QED) is 0.249. The number of hydrogen-bond donors (Lipinski definition) is 0. The predicted molar refractivity (Wildman–Crippen MR) is 76.0 cm³/mol. The number of hydrogen-bond acceptors (Lipinski definition) is 4. The molecule has 0 unspecified atom stereocenters. The Bertz CT molecular complexity index is 272. The molecule has 0 aliphatic heterocycles. The monoisotopic (exact) mass is 303 g/mol. The van der Waals surface area contributed by atoms with Gasteiger partial charge in [0.2, 0.25) is 0 Å². The zero-order valence-corrected chi connectivity index (χ0v) is 14.7. The first-order valence-electron chi connectivity index (χ1n) is 7.26. The van der Waals surface area contributed by atoms with E-state index >= 15 is 0 Å². The van der Waals surface area contributed by atoms with Crippen molar-refractivity contribution in [2.24, 2.45) is 0 Å². The van der Waals surface area contributed by atoms with Gasteiger partial charge in [0, 0.05) is 10.4 Å². The molecule has 0 amide bonds. The number of unbranched alkanes of at least 4 members (excludes halogenated alkanes) is 1. The summed E-state index contributed by atoms with van der Waals surface area (Å²) in [5, 5.41) is 0. The minimum atomic E-state index is -5.17. The molecule has 118 valence electrons. The fourth-order valence-electron chi connectivity index (χ4n) is 2.59. The van der Waals surface area contributed by atoms with E-state index in [-0.39, 0.29) is 18.9 Å². The zero-order chi connectivity index (χ0) is 15.4. The summed E-state index contributed by atoms with van der Waals surface area (Å²) in [7, 11) is -5.17. The molecule has 0 aliphatic carbocycles. The van der Waals surface area contributed by atoms with Crippen molar-refractivity contribution >= 4 is 10.4 Å². The van der Waals surface area contributed by atoms with Crippen molar-refractivity contribution in [3.8, 4) is 0 Å². The molecule has 5 nitrogen and oxygen atoms in total. The van der Waals surface area contributed by atoms with Crippen LogP contribution in [0.25, 0.3) is 0 Å². The molecular formula is C13H30LiNO4S. The average molecular weight is 303 g/mol. The first-order valence-corrected chi connectivity index (χ1v) is 8.59. The molecule has 20 heavy (non-hydrogen) atoms. The van der Waals surface area contributed by atoms with Gasteiger partial charge in [-0.3, -0.25) is 8.42 Å². The summed E-state index contributed by atoms with van der Waals surface area (Å²) >= 11 is 0. The average Bonchev–Trinajstić information content (AvgIpc) is 2.25. The second-order valence-corrected chi connectivity index (χ2v) is 5.81. The minimum absolute atomic E-state index is 0. The molecular weight excluding hydrogens is 273 g/mol. The van der Waals surface area contributed by atoms with Gasteiger partial charge >= 0.3 is 18.9 Å². The summed E-state index contributed by atoms with van der Waals surface area (Å²) in [6, 6.07) is 0. The summed E-state index contributed by atoms with van der Waals surface area (Å²) in [5.74, 6) is 0. The van der Waals surface area contributed by atoms with E-state index in [2.05, 4.69) is 27.7 Å². The van der Waals surface area contributed by atoms with E-state index in [1.165, 1.54) is 62.8 Å². The van der Waals surface area contributed by atoms with Gasteiger partial charge in [0.15, 0.2) is 0 Å². The molecule has 0 spiro atoms. The van der Waals surface area contributed by atoms with Gasteiger partial charge < -0.3 is 13.6 Å². The van der Waals surface area contributed by atoms with E-state index in [9.17, 15) is 0 Å². The van der Waals surface area contributed by atoms with E-state index in [0.717, 1.165) is 0 Å². The van der Waals surface area contributed by atoms with Crippen molar-refractivity contribution in [3.63, 3.8) is 0 Å². The molecule has 0 rings (SSSR count). The topological polar surface area (TPSA) is 80.3 Å².